The van der Waals surface area contributed by atoms with E-state index >= 15 is 0 Å². The number of carbonyl (C=O) groups excluding carboxylic acids is 1. The third-order valence-electron chi connectivity index (χ3n) is 6.94. The fraction of sp³-hybridized carbons (Fsp3) is 0.308. The van der Waals surface area contributed by atoms with E-state index in [0.29, 0.717) is 36.1 Å². The number of halogens is 1. The minimum atomic E-state index is -0.435. The maximum Gasteiger partial charge on any atom is 0.256 e. The largest absolute Gasteiger partial charge is 0.340 e. The molecule has 0 aromatic carbocycles. The molecule has 0 spiro atoms. The van der Waals surface area contributed by atoms with Crippen LogP contribution >= 0.6 is 0 Å². The van der Waals surface area contributed by atoms with Crippen molar-refractivity contribution in [3.8, 4) is 11.3 Å². The average molecular weight is 457 g/mol. The van der Waals surface area contributed by atoms with Gasteiger partial charge in [-0.25, -0.2) is 14.4 Å². The lowest BCUT2D eigenvalue weighted by molar-refractivity contribution is 0.0785. The summed E-state index contributed by atoms with van der Waals surface area (Å²) in [6, 6.07) is 10.6. The summed E-state index contributed by atoms with van der Waals surface area (Å²) in [6.07, 6.45) is 5.22. The maximum absolute atomic E-state index is 14.7. The highest BCUT2D eigenvalue weighted by atomic mass is 19.1. The number of aryl methyl sites for hydroxylation is 2. The van der Waals surface area contributed by atoms with Gasteiger partial charge < -0.3 is 14.2 Å². The van der Waals surface area contributed by atoms with Crippen molar-refractivity contribution in [2.45, 2.75) is 13.8 Å². The standard InChI is InChI=1S/C26H25FN6O/c1-16-10-17(2)30-26(29-16)33-13-18-11-32(12-19(18)14-33)25(34)23-20(24-21(27)6-5-8-28-24)15-31-9-4-3-7-22(23)31/h3-10,15,18-19H,11-14H2,1-2H3/t18-,19+. The van der Waals surface area contributed by atoms with Crippen molar-refractivity contribution in [2.24, 2.45) is 11.8 Å². The van der Waals surface area contributed by atoms with Crippen LogP contribution in [0.2, 0.25) is 0 Å². The predicted octanol–water partition coefficient (Wildman–Crippen LogP) is 3.76. The minimum Gasteiger partial charge on any atom is -0.340 e. The van der Waals surface area contributed by atoms with Gasteiger partial charge in [0.25, 0.3) is 5.91 Å². The fourth-order valence-corrected chi connectivity index (χ4v) is 5.44. The lowest BCUT2D eigenvalue weighted by atomic mass is 10.0. The zero-order valence-electron chi connectivity index (χ0n) is 19.1. The first-order valence-corrected chi connectivity index (χ1v) is 11.5. The Bertz CT molecular complexity index is 1380. The second-order valence-electron chi connectivity index (χ2n) is 9.33. The van der Waals surface area contributed by atoms with Crippen LogP contribution in [0.1, 0.15) is 21.7 Å². The Morgan fingerprint density at radius 3 is 2.44 bits per heavy atom. The topological polar surface area (TPSA) is 66.6 Å². The van der Waals surface area contributed by atoms with Crippen molar-refractivity contribution < 1.29 is 9.18 Å². The van der Waals surface area contributed by atoms with E-state index < -0.39 is 5.82 Å². The molecule has 0 saturated carbocycles. The van der Waals surface area contributed by atoms with Crippen LogP contribution in [0, 0.1) is 31.5 Å². The first kappa shape index (κ1) is 20.8. The quantitative estimate of drug-likeness (QED) is 0.470. The molecule has 4 aromatic heterocycles. The molecule has 172 valence electrons. The molecule has 7 nitrogen and oxygen atoms in total. The van der Waals surface area contributed by atoms with Crippen LogP contribution in [-0.2, 0) is 0 Å². The highest BCUT2D eigenvalue weighted by Gasteiger charge is 2.43. The van der Waals surface area contributed by atoms with E-state index in [2.05, 4.69) is 19.9 Å². The Kier molecular flexibility index (Phi) is 4.83. The van der Waals surface area contributed by atoms with Crippen molar-refractivity contribution in [2.75, 3.05) is 31.1 Å². The number of carbonyl (C=O) groups is 1. The molecule has 0 bridgehead atoms. The van der Waals surface area contributed by atoms with E-state index in [1.54, 1.807) is 18.5 Å². The van der Waals surface area contributed by atoms with E-state index in [4.69, 9.17) is 0 Å². The SMILES string of the molecule is Cc1cc(C)nc(N2C[C@H]3CN(C(=O)c4c(-c5ncccc5F)cn5ccccc45)C[C@H]3C2)n1. The molecular weight excluding hydrogens is 431 g/mol. The van der Waals surface area contributed by atoms with E-state index in [-0.39, 0.29) is 11.6 Å². The number of likely N-dealkylation sites (tertiary alicyclic amines) is 1. The third-order valence-corrected chi connectivity index (χ3v) is 6.94. The molecule has 0 N–H and O–H groups in total. The van der Waals surface area contributed by atoms with Gasteiger partial charge in [0.15, 0.2) is 0 Å². The van der Waals surface area contributed by atoms with Gasteiger partial charge in [0, 0.05) is 73.6 Å². The van der Waals surface area contributed by atoms with Crippen molar-refractivity contribution in [1.82, 2.24) is 24.3 Å². The molecule has 2 fully saturated rings. The van der Waals surface area contributed by atoms with Crippen molar-refractivity contribution in [3.63, 3.8) is 0 Å². The van der Waals surface area contributed by atoms with E-state index in [1.807, 2.05) is 53.6 Å². The van der Waals surface area contributed by atoms with Crippen LogP contribution in [0.5, 0.6) is 0 Å². The van der Waals surface area contributed by atoms with Gasteiger partial charge in [-0.05, 0) is 44.2 Å². The van der Waals surface area contributed by atoms with Crippen LogP contribution in [-0.4, -0.2) is 56.3 Å². The molecule has 1 amide bonds. The van der Waals surface area contributed by atoms with Gasteiger partial charge in [0.05, 0.1) is 11.1 Å². The summed E-state index contributed by atoms with van der Waals surface area (Å²) in [5, 5.41) is 0. The number of anilines is 1. The molecular formula is C26H25FN6O. The van der Waals surface area contributed by atoms with E-state index in [0.717, 1.165) is 35.9 Å². The van der Waals surface area contributed by atoms with Crippen LogP contribution in [0.3, 0.4) is 0 Å². The summed E-state index contributed by atoms with van der Waals surface area (Å²) in [4.78, 5) is 31.5. The number of rotatable bonds is 3. The third kappa shape index (κ3) is 3.41. The predicted molar refractivity (Wildman–Crippen MR) is 127 cm³/mol. The molecule has 0 aliphatic carbocycles. The summed E-state index contributed by atoms with van der Waals surface area (Å²) < 4.78 is 16.5. The number of nitrogens with zero attached hydrogens (tertiary/aromatic N) is 6. The van der Waals surface area contributed by atoms with Gasteiger partial charge in [-0.1, -0.05) is 6.07 Å². The summed E-state index contributed by atoms with van der Waals surface area (Å²) >= 11 is 0. The lowest BCUT2D eigenvalue weighted by Crippen LogP contribution is -2.34. The highest BCUT2D eigenvalue weighted by Crippen LogP contribution is 2.36. The van der Waals surface area contributed by atoms with Gasteiger partial charge in [0.2, 0.25) is 5.95 Å². The molecule has 6 heterocycles. The molecule has 2 aliphatic heterocycles. The number of pyridine rings is 2. The number of hydrogen-bond donors (Lipinski definition) is 0. The Hall–Kier alpha value is -3.81. The fourth-order valence-electron chi connectivity index (χ4n) is 5.44. The zero-order chi connectivity index (χ0) is 23.4. The van der Waals surface area contributed by atoms with Gasteiger partial charge in [-0.3, -0.25) is 9.78 Å². The van der Waals surface area contributed by atoms with Crippen LogP contribution in [0.15, 0.2) is 55.0 Å². The monoisotopic (exact) mass is 456 g/mol. The average Bonchev–Trinajstić information content (AvgIpc) is 3.50. The van der Waals surface area contributed by atoms with Crippen molar-refractivity contribution in [1.29, 1.82) is 0 Å². The first-order valence-electron chi connectivity index (χ1n) is 11.5. The molecule has 2 atom stereocenters. The Balaban J connectivity index is 1.29. The summed E-state index contributed by atoms with van der Waals surface area (Å²) in [5.74, 6) is 0.984. The molecule has 2 aliphatic rings. The molecule has 2 saturated heterocycles. The summed E-state index contributed by atoms with van der Waals surface area (Å²) in [5.41, 5.74) is 3.92. The summed E-state index contributed by atoms with van der Waals surface area (Å²) in [7, 11) is 0. The normalized spacial score (nSPS) is 19.7. The lowest BCUT2D eigenvalue weighted by Gasteiger charge is -2.22. The molecule has 6 rings (SSSR count). The smallest absolute Gasteiger partial charge is 0.256 e. The number of fused-ring (bicyclic) bond motifs is 2. The van der Waals surface area contributed by atoms with Crippen molar-refractivity contribution in [3.05, 3.63) is 77.8 Å². The van der Waals surface area contributed by atoms with Crippen LogP contribution < -0.4 is 4.90 Å². The second-order valence-corrected chi connectivity index (χ2v) is 9.33. The summed E-state index contributed by atoms with van der Waals surface area (Å²) in [6.45, 7) is 6.96. The number of amides is 1. The molecule has 0 radical (unpaired) electrons. The van der Waals surface area contributed by atoms with Crippen LogP contribution in [0.4, 0.5) is 10.3 Å². The Morgan fingerprint density at radius 1 is 1.00 bits per heavy atom. The van der Waals surface area contributed by atoms with E-state index in [1.165, 1.54) is 6.07 Å². The van der Waals surface area contributed by atoms with E-state index in [9.17, 15) is 9.18 Å². The van der Waals surface area contributed by atoms with Crippen molar-refractivity contribution >= 4 is 17.4 Å². The van der Waals surface area contributed by atoms with Gasteiger partial charge in [-0.15, -0.1) is 0 Å². The molecule has 8 heteroatoms. The zero-order valence-corrected chi connectivity index (χ0v) is 19.1. The first-order chi connectivity index (χ1) is 16.5. The highest BCUT2D eigenvalue weighted by molar-refractivity contribution is 6.07. The minimum absolute atomic E-state index is 0.0719. The van der Waals surface area contributed by atoms with Gasteiger partial charge in [-0.2, -0.15) is 0 Å². The Morgan fingerprint density at radius 2 is 1.74 bits per heavy atom. The number of hydrogen-bond acceptors (Lipinski definition) is 5. The van der Waals surface area contributed by atoms with Gasteiger partial charge in [0.1, 0.15) is 11.5 Å². The second kappa shape index (κ2) is 7.90. The van der Waals surface area contributed by atoms with Crippen LogP contribution in [0.25, 0.3) is 16.8 Å². The molecule has 0 unspecified atom stereocenters. The maximum atomic E-state index is 14.7. The molecule has 4 aromatic rings. The van der Waals surface area contributed by atoms with Gasteiger partial charge >= 0.3 is 0 Å². The molecule has 34 heavy (non-hydrogen) atoms. The number of aromatic nitrogens is 4. The Labute approximate surface area is 196 Å².